The Morgan fingerprint density at radius 2 is 2.04 bits per heavy atom. The number of aryl methyl sites for hydroxylation is 2. The van der Waals surface area contributed by atoms with Crippen LogP contribution in [0.3, 0.4) is 0 Å². The van der Waals surface area contributed by atoms with E-state index in [1.165, 1.54) is 0 Å². The SMILES string of the molecule is Cc1nn(C)c2c1[C@@H](c1ccc(OC(C)C)cc1)SCC(=O)N2. The second-order valence-corrected chi connectivity index (χ2v) is 7.04. The number of carbonyl (C=O) groups excluding carboxylic acids is 1. The summed E-state index contributed by atoms with van der Waals surface area (Å²) in [5, 5.41) is 7.52. The van der Waals surface area contributed by atoms with Crippen molar-refractivity contribution in [1.29, 1.82) is 0 Å². The van der Waals surface area contributed by atoms with Crippen molar-refractivity contribution < 1.29 is 9.53 Å². The van der Waals surface area contributed by atoms with Gasteiger partial charge in [0, 0.05) is 12.6 Å². The van der Waals surface area contributed by atoms with E-state index in [1.54, 1.807) is 16.4 Å². The summed E-state index contributed by atoms with van der Waals surface area (Å²) in [6, 6.07) is 8.12. The summed E-state index contributed by atoms with van der Waals surface area (Å²) in [6.45, 7) is 6.01. The first-order chi connectivity index (χ1) is 11.0. The number of hydrogen-bond acceptors (Lipinski definition) is 4. The lowest BCUT2D eigenvalue weighted by Crippen LogP contribution is -2.15. The van der Waals surface area contributed by atoms with Gasteiger partial charge < -0.3 is 10.1 Å². The molecule has 23 heavy (non-hydrogen) atoms. The second-order valence-electron chi connectivity index (χ2n) is 5.95. The number of amides is 1. The van der Waals surface area contributed by atoms with Crippen LogP contribution in [-0.4, -0.2) is 27.5 Å². The molecule has 122 valence electrons. The van der Waals surface area contributed by atoms with E-state index < -0.39 is 0 Å². The molecule has 1 atom stereocenters. The third-order valence-electron chi connectivity index (χ3n) is 3.72. The van der Waals surface area contributed by atoms with E-state index in [2.05, 4.69) is 22.5 Å². The molecule has 3 rings (SSSR count). The van der Waals surface area contributed by atoms with Gasteiger partial charge in [-0.05, 0) is 38.5 Å². The lowest BCUT2D eigenvalue weighted by molar-refractivity contribution is -0.113. The smallest absolute Gasteiger partial charge is 0.235 e. The van der Waals surface area contributed by atoms with Crippen molar-refractivity contribution in [3.8, 4) is 5.75 Å². The van der Waals surface area contributed by atoms with Crippen molar-refractivity contribution in [1.82, 2.24) is 9.78 Å². The van der Waals surface area contributed by atoms with E-state index in [9.17, 15) is 4.79 Å². The van der Waals surface area contributed by atoms with Gasteiger partial charge in [-0.2, -0.15) is 5.10 Å². The fraction of sp³-hybridized carbons (Fsp3) is 0.412. The number of benzene rings is 1. The second kappa shape index (κ2) is 6.28. The Bertz CT molecular complexity index is 722. The molecule has 0 radical (unpaired) electrons. The number of ether oxygens (including phenoxy) is 1. The zero-order valence-corrected chi connectivity index (χ0v) is 14.6. The molecule has 1 N–H and O–H groups in total. The number of nitrogens with one attached hydrogen (secondary N) is 1. The van der Waals surface area contributed by atoms with E-state index in [0.717, 1.165) is 28.4 Å². The Morgan fingerprint density at radius 3 is 2.70 bits per heavy atom. The number of carbonyl (C=O) groups is 1. The summed E-state index contributed by atoms with van der Waals surface area (Å²) in [6.07, 6.45) is 0.155. The average Bonchev–Trinajstić information content (AvgIpc) is 2.67. The lowest BCUT2D eigenvalue weighted by atomic mass is 10.0. The maximum absolute atomic E-state index is 12.0. The molecule has 2 heterocycles. The predicted molar refractivity (Wildman–Crippen MR) is 93.1 cm³/mol. The van der Waals surface area contributed by atoms with Crippen molar-refractivity contribution in [2.45, 2.75) is 32.1 Å². The number of nitrogens with zero attached hydrogens (tertiary/aromatic N) is 2. The van der Waals surface area contributed by atoms with Gasteiger partial charge in [0.25, 0.3) is 0 Å². The molecular weight excluding hydrogens is 310 g/mol. The van der Waals surface area contributed by atoms with E-state index in [1.807, 2.05) is 40.0 Å². The highest BCUT2D eigenvalue weighted by Gasteiger charge is 2.29. The molecule has 1 aromatic heterocycles. The van der Waals surface area contributed by atoms with Crippen LogP contribution in [0.5, 0.6) is 5.75 Å². The number of hydrogen-bond donors (Lipinski definition) is 1. The highest BCUT2D eigenvalue weighted by atomic mass is 32.2. The lowest BCUT2D eigenvalue weighted by Gasteiger charge is -2.16. The third-order valence-corrected chi connectivity index (χ3v) is 4.99. The summed E-state index contributed by atoms with van der Waals surface area (Å²) in [4.78, 5) is 12.0. The number of rotatable bonds is 3. The first kappa shape index (κ1) is 15.9. The molecule has 0 saturated heterocycles. The van der Waals surface area contributed by atoms with Gasteiger partial charge in [0.15, 0.2) is 0 Å². The van der Waals surface area contributed by atoms with Gasteiger partial charge in [-0.1, -0.05) is 12.1 Å². The molecule has 0 saturated carbocycles. The molecule has 1 amide bonds. The molecule has 0 unspecified atom stereocenters. The Hall–Kier alpha value is -1.95. The summed E-state index contributed by atoms with van der Waals surface area (Å²) < 4.78 is 7.45. The van der Waals surface area contributed by atoms with E-state index in [0.29, 0.717) is 5.75 Å². The topological polar surface area (TPSA) is 56.2 Å². The van der Waals surface area contributed by atoms with E-state index >= 15 is 0 Å². The van der Waals surface area contributed by atoms with Crippen molar-refractivity contribution in [3.63, 3.8) is 0 Å². The minimum absolute atomic E-state index is 0.0153. The molecule has 0 aliphatic carbocycles. The van der Waals surface area contributed by atoms with Crippen LogP contribution >= 0.6 is 11.8 Å². The van der Waals surface area contributed by atoms with E-state index in [4.69, 9.17) is 4.74 Å². The van der Waals surface area contributed by atoms with Crippen LogP contribution in [0.2, 0.25) is 0 Å². The normalized spacial score (nSPS) is 17.6. The molecule has 0 fully saturated rings. The molecule has 0 spiro atoms. The Morgan fingerprint density at radius 1 is 1.35 bits per heavy atom. The molecule has 1 aromatic carbocycles. The van der Waals surface area contributed by atoms with Crippen molar-refractivity contribution >= 4 is 23.5 Å². The summed E-state index contributed by atoms with van der Waals surface area (Å²) in [5.41, 5.74) is 3.19. The number of anilines is 1. The van der Waals surface area contributed by atoms with Crippen molar-refractivity contribution in [3.05, 3.63) is 41.1 Å². The predicted octanol–water partition coefficient (Wildman–Crippen LogP) is 3.29. The minimum atomic E-state index is 0.0153. The Labute approximate surface area is 140 Å². The van der Waals surface area contributed by atoms with E-state index in [-0.39, 0.29) is 17.3 Å². The third kappa shape index (κ3) is 3.22. The van der Waals surface area contributed by atoms with Gasteiger partial charge in [-0.25, -0.2) is 0 Å². The van der Waals surface area contributed by atoms with Crippen LogP contribution in [0.1, 0.15) is 35.9 Å². The van der Waals surface area contributed by atoms with Crippen LogP contribution in [0, 0.1) is 6.92 Å². The van der Waals surface area contributed by atoms with Crippen molar-refractivity contribution in [2.24, 2.45) is 7.05 Å². The maximum atomic E-state index is 12.0. The standard InChI is InChI=1S/C17H21N3O2S/c1-10(2)22-13-7-5-12(6-8-13)16-15-11(3)19-20(4)17(15)18-14(21)9-23-16/h5-8,10,16H,9H2,1-4H3,(H,18,21)/t16-/m1/s1. The summed E-state index contributed by atoms with van der Waals surface area (Å²) in [5.74, 6) is 2.11. The minimum Gasteiger partial charge on any atom is -0.491 e. The van der Waals surface area contributed by atoms with Crippen LogP contribution in [0.15, 0.2) is 24.3 Å². The molecule has 2 aromatic rings. The largest absolute Gasteiger partial charge is 0.491 e. The van der Waals surface area contributed by atoms with Gasteiger partial charge in [0.2, 0.25) is 5.91 Å². The van der Waals surface area contributed by atoms with Gasteiger partial charge in [-0.15, -0.1) is 11.8 Å². The zero-order chi connectivity index (χ0) is 16.6. The summed E-state index contributed by atoms with van der Waals surface area (Å²) in [7, 11) is 1.86. The number of thioether (sulfide) groups is 1. The number of aromatic nitrogens is 2. The zero-order valence-electron chi connectivity index (χ0n) is 13.8. The van der Waals surface area contributed by atoms with Gasteiger partial charge >= 0.3 is 0 Å². The fourth-order valence-electron chi connectivity index (χ4n) is 2.80. The van der Waals surface area contributed by atoms with Gasteiger partial charge in [-0.3, -0.25) is 9.48 Å². The molecular formula is C17H21N3O2S. The summed E-state index contributed by atoms with van der Waals surface area (Å²) >= 11 is 1.63. The first-order valence-corrected chi connectivity index (χ1v) is 8.72. The average molecular weight is 331 g/mol. The molecule has 0 bridgehead atoms. The first-order valence-electron chi connectivity index (χ1n) is 7.67. The molecule has 1 aliphatic rings. The van der Waals surface area contributed by atoms with Crippen LogP contribution < -0.4 is 10.1 Å². The van der Waals surface area contributed by atoms with Gasteiger partial charge in [0.05, 0.1) is 22.8 Å². The maximum Gasteiger partial charge on any atom is 0.235 e. The highest BCUT2D eigenvalue weighted by Crippen LogP contribution is 2.43. The van der Waals surface area contributed by atoms with Gasteiger partial charge in [0.1, 0.15) is 11.6 Å². The fourth-order valence-corrected chi connectivity index (χ4v) is 3.99. The van der Waals surface area contributed by atoms with Crippen LogP contribution in [-0.2, 0) is 11.8 Å². The van der Waals surface area contributed by atoms with Crippen LogP contribution in [0.4, 0.5) is 5.82 Å². The molecule has 6 heteroatoms. The number of fused-ring (bicyclic) bond motifs is 1. The quantitative estimate of drug-likeness (QED) is 0.938. The Balaban J connectivity index is 1.98. The molecule has 1 aliphatic heterocycles. The van der Waals surface area contributed by atoms with Crippen molar-refractivity contribution in [2.75, 3.05) is 11.1 Å². The Kier molecular flexibility index (Phi) is 4.35. The molecule has 5 nitrogen and oxygen atoms in total. The highest BCUT2D eigenvalue weighted by molar-refractivity contribution is 8.00. The monoisotopic (exact) mass is 331 g/mol. The van der Waals surface area contributed by atoms with Crippen LogP contribution in [0.25, 0.3) is 0 Å².